The summed E-state index contributed by atoms with van der Waals surface area (Å²) < 4.78 is 1.26. The Bertz CT molecular complexity index is 687. The summed E-state index contributed by atoms with van der Waals surface area (Å²) in [6, 6.07) is 6.12. The van der Waals surface area contributed by atoms with Crippen LogP contribution in [-0.4, -0.2) is 23.0 Å². The van der Waals surface area contributed by atoms with E-state index in [1.54, 1.807) is 0 Å². The Labute approximate surface area is 133 Å². The molecule has 0 aliphatic carbocycles. The summed E-state index contributed by atoms with van der Waals surface area (Å²) >= 11 is 3.43. The van der Waals surface area contributed by atoms with Crippen LogP contribution in [0.5, 0.6) is 0 Å². The highest BCUT2D eigenvalue weighted by Gasteiger charge is 2.30. The van der Waals surface area contributed by atoms with E-state index in [1.165, 1.54) is 35.5 Å². The van der Waals surface area contributed by atoms with E-state index >= 15 is 0 Å². The molecule has 1 atom stereocenters. The van der Waals surface area contributed by atoms with Crippen LogP contribution in [-0.2, 0) is 0 Å². The number of aryl methyl sites for hydroxylation is 1. The first-order valence-corrected chi connectivity index (χ1v) is 8.99. The third-order valence-corrected chi connectivity index (χ3v) is 6.72. The first-order valence-electron chi connectivity index (χ1n) is 7.19. The van der Waals surface area contributed by atoms with Crippen molar-refractivity contribution >= 4 is 44.8 Å². The first kappa shape index (κ1) is 14.7. The van der Waals surface area contributed by atoms with Gasteiger partial charge in [0.1, 0.15) is 4.88 Å². The number of carbonyl (C=O) groups excluding carboxylic acids is 1. The fourth-order valence-electron chi connectivity index (χ4n) is 2.72. The van der Waals surface area contributed by atoms with Crippen LogP contribution in [0.15, 0.2) is 18.2 Å². The van der Waals surface area contributed by atoms with Crippen LogP contribution in [0.3, 0.4) is 0 Å². The van der Waals surface area contributed by atoms with Crippen molar-refractivity contribution in [2.75, 3.05) is 18.0 Å². The van der Waals surface area contributed by atoms with Gasteiger partial charge in [0.05, 0.1) is 5.69 Å². The van der Waals surface area contributed by atoms with Gasteiger partial charge in [0.25, 0.3) is 5.91 Å². The van der Waals surface area contributed by atoms with Gasteiger partial charge in [-0.25, -0.2) is 0 Å². The maximum absolute atomic E-state index is 12.4. The van der Waals surface area contributed by atoms with Crippen LogP contribution in [0.1, 0.15) is 35.0 Å². The normalized spacial score (nSPS) is 21.8. The number of thiophene rings is 1. The van der Waals surface area contributed by atoms with Gasteiger partial charge in [-0.1, -0.05) is 12.1 Å². The maximum atomic E-state index is 12.4. The molecule has 3 N–H and O–H groups in total. The lowest BCUT2D eigenvalue weighted by Gasteiger charge is -2.22. The van der Waals surface area contributed by atoms with Crippen LogP contribution in [0, 0.1) is 6.92 Å². The molecule has 1 saturated heterocycles. The minimum absolute atomic E-state index is 0.0416. The Kier molecular flexibility index (Phi) is 3.88. The van der Waals surface area contributed by atoms with Crippen molar-refractivity contribution in [2.45, 2.75) is 31.4 Å². The largest absolute Gasteiger partial charge is 0.397 e. The molecule has 0 saturated carbocycles. The molecule has 1 amide bonds. The molecule has 1 aromatic heterocycles. The van der Waals surface area contributed by atoms with E-state index in [2.05, 4.69) is 18.3 Å². The number of hydrogen-bond donors (Lipinski definition) is 2. The van der Waals surface area contributed by atoms with Crippen LogP contribution in [0.4, 0.5) is 5.69 Å². The number of carbonyl (C=O) groups is 1. The Hall–Kier alpha value is -1.20. The van der Waals surface area contributed by atoms with E-state index in [4.69, 9.17) is 5.73 Å². The summed E-state index contributed by atoms with van der Waals surface area (Å²) in [5, 5.41) is 4.05. The molecule has 2 heterocycles. The summed E-state index contributed by atoms with van der Waals surface area (Å²) in [7, 11) is 0. The zero-order chi connectivity index (χ0) is 15.0. The summed E-state index contributed by atoms with van der Waals surface area (Å²) in [6.07, 6.45) is 2.40. The number of nitrogens with two attached hydrogens (primary N) is 1. The Morgan fingerprint density at radius 1 is 1.48 bits per heavy atom. The van der Waals surface area contributed by atoms with Crippen molar-refractivity contribution in [1.29, 1.82) is 0 Å². The molecule has 5 heteroatoms. The summed E-state index contributed by atoms with van der Waals surface area (Å²) in [5.74, 6) is 1.15. The molecule has 1 aliphatic rings. The number of hydrogen-bond acceptors (Lipinski definition) is 4. The quantitative estimate of drug-likeness (QED) is 0.904. The fourth-order valence-corrected chi connectivity index (χ4v) is 5.10. The van der Waals surface area contributed by atoms with Gasteiger partial charge >= 0.3 is 0 Å². The van der Waals surface area contributed by atoms with E-state index in [9.17, 15) is 4.79 Å². The van der Waals surface area contributed by atoms with Crippen molar-refractivity contribution in [3.63, 3.8) is 0 Å². The van der Waals surface area contributed by atoms with Crippen molar-refractivity contribution in [3.05, 3.63) is 28.6 Å². The molecule has 2 aromatic rings. The predicted molar refractivity (Wildman–Crippen MR) is 93.4 cm³/mol. The maximum Gasteiger partial charge on any atom is 0.263 e. The Morgan fingerprint density at radius 2 is 2.29 bits per heavy atom. The standard InChI is InChI=1S/C16H20N2OS2/c1-10-4-5-11-12(8-10)21-14(13(11)17)15(19)18-9-16(2)6-3-7-20-16/h4-5,8H,3,6-7,9,17H2,1-2H3,(H,18,19). The Morgan fingerprint density at radius 3 is 3.00 bits per heavy atom. The van der Waals surface area contributed by atoms with E-state index < -0.39 is 0 Å². The van der Waals surface area contributed by atoms with Crippen LogP contribution in [0.25, 0.3) is 10.1 Å². The third kappa shape index (κ3) is 2.90. The monoisotopic (exact) mass is 320 g/mol. The van der Waals surface area contributed by atoms with Gasteiger partial charge < -0.3 is 11.1 Å². The molecule has 112 valence electrons. The molecule has 1 aliphatic heterocycles. The molecule has 1 unspecified atom stereocenters. The number of amides is 1. The third-order valence-electron chi connectivity index (χ3n) is 4.01. The summed E-state index contributed by atoms with van der Waals surface area (Å²) in [5.41, 5.74) is 7.94. The van der Waals surface area contributed by atoms with E-state index in [-0.39, 0.29) is 10.7 Å². The highest BCUT2D eigenvalue weighted by Crippen LogP contribution is 2.38. The number of nitrogen functional groups attached to an aromatic ring is 1. The minimum atomic E-state index is -0.0416. The number of nitrogens with one attached hydrogen (secondary N) is 1. The molecular formula is C16H20N2OS2. The minimum Gasteiger partial charge on any atom is -0.397 e. The van der Waals surface area contributed by atoms with E-state index in [1.807, 2.05) is 30.8 Å². The van der Waals surface area contributed by atoms with Gasteiger partial charge in [0.15, 0.2) is 0 Å². The highest BCUT2D eigenvalue weighted by molar-refractivity contribution is 8.00. The number of thioether (sulfide) groups is 1. The first-order chi connectivity index (χ1) is 9.98. The SMILES string of the molecule is Cc1ccc2c(N)c(C(=O)NCC3(C)CCCS3)sc2c1. The average Bonchev–Trinajstić information content (AvgIpc) is 3.01. The van der Waals surface area contributed by atoms with Gasteiger partial charge in [-0.2, -0.15) is 11.8 Å². The lowest BCUT2D eigenvalue weighted by molar-refractivity contribution is 0.0955. The van der Waals surface area contributed by atoms with Gasteiger partial charge in [0, 0.05) is 21.4 Å². The topological polar surface area (TPSA) is 55.1 Å². The van der Waals surface area contributed by atoms with Crippen LogP contribution in [0.2, 0.25) is 0 Å². The lowest BCUT2D eigenvalue weighted by Crippen LogP contribution is -2.36. The number of rotatable bonds is 3. The number of fused-ring (bicyclic) bond motifs is 1. The molecule has 21 heavy (non-hydrogen) atoms. The smallest absolute Gasteiger partial charge is 0.263 e. The number of anilines is 1. The zero-order valence-corrected chi connectivity index (χ0v) is 14.0. The second kappa shape index (κ2) is 5.54. The van der Waals surface area contributed by atoms with Crippen molar-refractivity contribution in [3.8, 4) is 0 Å². The second-order valence-corrected chi connectivity index (χ2v) is 8.66. The molecule has 1 aromatic carbocycles. The molecule has 0 bridgehead atoms. The van der Waals surface area contributed by atoms with Crippen LogP contribution >= 0.6 is 23.1 Å². The molecule has 3 nitrogen and oxygen atoms in total. The van der Waals surface area contributed by atoms with Crippen molar-refractivity contribution < 1.29 is 4.79 Å². The van der Waals surface area contributed by atoms with Crippen LogP contribution < -0.4 is 11.1 Å². The van der Waals surface area contributed by atoms with Gasteiger partial charge in [-0.05, 0) is 44.1 Å². The predicted octanol–water partition coefficient (Wildman–Crippen LogP) is 3.81. The average molecular weight is 320 g/mol. The van der Waals surface area contributed by atoms with E-state index in [0.717, 1.165) is 10.1 Å². The molecule has 0 radical (unpaired) electrons. The molecule has 0 spiro atoms. The van der Waals surface area contributed by atoms with Gasteiger partial charge in [-0.3, -0.25) is 4.79 Å². The van der Waals surface area contributed by atoms with Crippen molar-refractivity contribution in [2.24, 2.45) is 0 Å². The molecular weight excluding hydrogens is 300 g/mol. The second-order valence-electron chi connectivity index (χ2n) is 5.93. The molecule has 3 rings (SSSR count). The van der Waals surface area contributed by atoms with Gasteiger partial charge in [0.2, 0.25) is 0 Å². The fraction of sp³-hybridized carbons (Fsp3) is 0.438. The zero-order valence-electron chi connectivity index (χ0n) is 12.4. The van der Waals surface area contributed by atoms with Crippen molar-refractivity contribution in [1.82, 2.24) is 5.32 Å². The summed E-state index contributed by atoms with van der Waals surface area (Å²) in [6.45, 7) is 4.99. The number of benzene rings is 1. The Balaban J connectivity index is 1.79. The highest BCUT2D eigenvalue weighted by atomic mass is 32.2. The van der Waals surface area contributed by atoms with Gasteiger partial charge in [-0.15, -0.1) is 11.3 Å². The molecule has 1 fully saturated rings. The lowest BCUT2D eigenvalue weighted by atomic mass is 10.1. The summed E-state index contributed by atoms with van der Waals surface area (Å²) in [4.78, 5) is 13.1. The van der Waals surface area contributed by atoms with E-state index in [0.29, 0.717) is 17.1 Å².